The van der Waals surface area contributed by atoms with Gasteiger partial charge in [-0.15, -0.1) is 0 Å². The smallest absolute Gasteiger partial charge is 0.287 e. The summed E-state index contributed by atoms with van der Waals surface area (Å²) in [7, 11) is 0. The van der Waals surface area contributed by atoms with Crippen molar-refractivity contribution in [2.75, 3.05) is 0 Å². The Morgan fingerprint density at radius 2 is 2.11 bits per heavy atom. The van der Waals surface area contributed by atoms with Gasteiger partial charge < -0.3 is 9.73 Å². The van der Waals surface area contributed by atoms with Gasteiger partial charge in [-0.25, -0.2) is 0 Å². The van der Waals surface area contributed by atoms with Crippen LogP contribution in [0.25, 0.3) is 11.0 Å². The van der Waals surface area contributed by atoms with Gasteiger partial charge in [0.25, 0.3) is 5.91 Å². The first-order chi connectivity index (χ1) is 9.29. The molecule has 1 N–H and O–H groups in total. The summed E-state index contributed by atoms with van der Waals surface area (Å²) in [5.41, 5.74) is 0.778. The van der Waals surface area contributed by atoms with E-state index in [1.54, 1.807) is 0 Å². The van der Waals surface area contributed by atoms with E-state index in [9.17, 15) is 4.79 Å². The molecule has 1 amide bonds. The maximum atomic E-state index is 12.2. The summed E-state index contributed by atoms with van der Waals surface area (Å²) in [6, 6.07) is 9.92. The Morgan fingerprint density at radius 3 is 2.84 bits per heavy atom. The molecule has 0 saturated heterocycles. The second-order valence-electron chi connectivity index (χ2n) is 5.90. The topological polar surface area (TPSA) is 42.2 Å². The number of rotatable bonds is 2. The van der Waals surface area contributed by atoms with Crippen LogP contribution >= 0.6 is 0 Å². The molecule has 0 unspecified atom stereocenters. The van der Waals surface area contributed by atoms with E-state index in [2.05, 4.69) is 5.32 Å². The lowest BCUT2D eigenvalue weighted by molar-refractivity contribution is 0.0897. The highest BCUT2D eigenvalue weighted by molar-refractivity contribution is 5.96. The van der Waals surface area contributed by atoms with Crippen LogP contribution in [0.4, 0.5) is 0 Å². The van der Waals surface area contributed by atoms with Crippen molar-refractivity contribution in [1.82, 2.24) is 5.32 Å². The highest BCUT2D eigenvalue weighted by Crippen LogP contribution is 2.44. The number of carbonyl (C=O) groups excluding carboxylic acids is 1. The molecular formula is C16H17NO2. The number of carbonyl (C=O) groups is 1. The van der Waals surface area contributed by atoms with Gasteiger partial charge in [-0.2, -0.15) is 0 Å². The van der Waals surface area contributed by atoms with Gasteiger partial charge in [0.05, 0.1) is 0 Å². The molecule has 2 fully saturated rings. The number of hydrogen-bond acceptors (Lipinski definition) is 2. The van der Waals surface area contributed by atoms with Crippen LogP contribution in [-0.4, -0.2) is 11.9 Å². The maximum absolute atomic E-state index is 12.2. The van der Waals surface area contributed by atoms with Crippen LogP contribution in [0, 0.1) is 11.8 Å². The molecule has 0 aliphatic heterocycles. The molecule has 2 aromatic rings. The first-order valence-corrected chi connectivity index (χ1v) is 7.09. The predicted molar refractivity (Wildman–Crippen MR) is 72.9 cm³/mol. The van der Waals surface area contributed by atoms with E-state index in [1.165, 1.54) is 19.3 Å². The Bertz CT molecular complexity index is 597. The van der Waals surface area contributed by atoms with Crippen molar-refractivity contribution >= 4 is 16.9 Å². The first-order valence-electron chi connectivity index (χ1n) is 7.09. The standard InChI is InChI=1S/C16H17NO2/c18-16(17-13-8-10-5-6-11(13)7-10)15-9-12-3-1-2-4-14(12)19-15/h1-4,9-11,13H,5-8H2,(H,17,18)/t10-,11-,13+/m0/s1. The van der Waals surface area contributed by atoms with Crippen molar-refractivity contribution in [2.45, 2.75) is 31.7 Å². The monoisotopic (exact) mass is 255 g/mol. The first kappa shape index (κ1) is 11.1. The van der Waals surface area contributed by atoms with Gasteiger partial charge in [0.2, 0.25) is 0 Å². The van der Waals surface area contributed by atoms with Gasteiger partial charge in [0.1, 0.15) is 5.58 Å². The van der Waals surface area contributed by atoms with E-state index in [1.807, 2.05) is 30.3 Å². The normalized spacial score (nSPS) is 28.9. The lowest BCUT2D eigenvalue weighted by Crippen LogP contribution is -2.38. The van der Waals surface area contributed by atoms with Gasteiger partial charge in [-0.1, -0.05) is 24.6 Å². The fourth-order valence-electron chi connectivity index (χ4n) is 3.75. The number of hydrogen-bond donors (Lipinski definition) is 1. The average molecular weight is 255 g/mol. The molecule has 98 valence electrons. The molecule has 0 spiro atoms. The summed E-state index contributed by atoms with van der Waals surface area (Å²) in [6.07, 6.45) is 5.07. The zero-order valence-corrected chi connectivity index (χ0v) is 10.8. The fourth-order valence-corrected chi connectivity index (χ4v) is 3.75. The molecule has 3 nitrogen and oxygen atoms in total. The Hall–Kier alpha value is -1.77. The SMILES string of the molecule is O=C(N[C@@H]1C[C@H]2CC[C@H]1C2)c1cc2ccccc2o1. The Balaban J connectivity index is 1.53. The fraction of sp³-hybridized carbons (Fsp3) is 0.438. The molecule has 3 atom stereocenters. The third-order valence-electron chi connectivity index (χ3n) is 4.70. The molecular weight excluding hydrogens is 238 g/mol. The second kappa shape index (κ2) is 4.12. The van der Waals surface area contributed by atoms with Crippen molar-refractivity contribution < 1.29 is 9.21 Å². The van der Waals surface area contributed by atoms with Crippen molar-refractivity contribution in [2.24, 2.45) is 11.8 Å². The van der Waals surface area contributed by atoms with Gasteiger partial charge in [0.15, 0.2) is 5.76 Å². The van der Waals surface area contributed by atoms with Crippen LogP contribution in [0.15, 0.2) is 34.7 Å². The van der Waals surface area contributed by atoms with E-state index in [4.69, 9.17) is 4.42 Å². The molecule has 1 heterocycles. The predicted octanol–water partition coefficient (Wildman–Crippen LogP) is 3.35. The zero-order chi connectivity index (χ0) is 12.8. The molecule has 19 heavy (non-hydrogen) atoms. The van der Waals surface area contributed by atoms with Crippen molar-refractivity contribution in [1.29, 1.82) is 0 Å². The van der Waals surface area contributed by atoms with Crippen LogP contribution in [0.3, 0.4) is 0 Å². The number of amides is 1. The summed E-state index contributed by atoms with van der Waals surface area (Å²) >= 11 is 0. The third-order valence-corrected chi connectivity index (χ3v) is 4.70. The molecule has 1 aromatic heterocycles. The van der Waals surface area contributed by atoms with Gasteiger partial charge in [0, 0.05) is 11.4 Å². The highest BCUT2D eigenvalue weighted by atomic mass is 16.3. The van der Waals surface area contributed by atoms with Gasteiger partial charge >= 0.3 is 0 Å². The largest absolute Gasteiger partial charge is 0.451 e. The van der Waals surface area contributed by atoms with Gasteiger partial charge in [-0.05, 0) is 43.2 Å². The molecule has 3 heteroatoms. The Morgan fingerprint density at radius 1 is 1.21 bits per heavy atom. The maximum Gasteiger partial charge on any atom is 0.287 e. The third kappa shape index (κ3) is 1.84. The number of nitrogens with one attached hydrogen (secondary N) is 1. The molecule has 2 saturated carbocycles. The summed E-state index contributed by atoms with van der Waals surface area (Å²) in [5.74, 6) is 1.90. The summed E-state index contributed by atoms with van der Waals surface area (Å²) in [4.78, 5) is 12.2. The van der Waals surface area contributed by atoms with E-state index in [-0.39, 0.29) is 5.91 Å². The van der Waals surface area contributed by atoms with Crippen LogP contribution in [0.1, 0.15) is 36.2 Å². The molecule has 4 rings (SSSR count). The molecule has 0 radical (unpaired) electrons. The number of benzene rings is 1. The van der Waals surface area contributed by atoms with Crippen molar-refractivity contribution in [3.8, 4) is 0 Å². The lowest BCUT2D eigenvalue weighted by Gasteiger charge is -2.22. The number of furan rings is 1. The van der Waals surface area contributed by atoms with Crippen LogP contribution < -0.4 is 5.32 Å². The van der Waals surface area contributed by atoms with Crippen LogP contribution in [-0.2, 0) is 0 Å². The van der Waals surface area contributed by atoms with Crippen molar-refractivity contribution in [3.63, 3.8) is 0 Å². The lowest BCUT2D eigenvalue weighted by atomic mass is 9.95. The zero-order valence-electron chi connectivity index (χ0n) is 10.8. The van der Waals surface area contributed by atoms with E-state index in [0.717, 1.165) is 23.3 Å². The average Bonchev–Trinajstić information content (AvgIpc) is 3.12. The van der Waals surface area contributed by atoms with E-state index < -0.39 is 0 Å². The van der Waals surface area contributed by atoms with Crippen molar-refractivity contribution in [3.05, 3.63) is 36.1 Å². The van der Waals surface area contributed by atoms with Gasteiger partial charge in [-0.3, -0.25) is 4.79 Å². The minimum Gasteiger partial charge on any atom is -0.451 e. The van der Waals surface area contributed by atoms with Crippen LogP contribution in [0.5, 0.6) is 0 Å². The van der Waals surface area contributed by atoms with E-state index in [0.29, 0.717) is 17.7 Å². The quantitative estimate of drug-likeness (QED) is 0.894. The summed E-state index contributed by atoms with van der Waals surface area (Å²) < 4.78 is 5.61. The number of fused-ring (bicyclic) bond motifs is 3. The Labute approximate surface area is 112 Å². The minimum atomic E-state index is -0.0613. The molecule has 2 bridgehead atoms. The summed E-state index contributed by atoms with van der Waals surface area (Å²) in [6.45, 7) is 0. The number of para-hydroxylation sites is 1. The second-order valence-corrected chi connectivity index (χ2v) is 5.90. The molecule has 1 aromatic carbocycles. The van der Waals surface area contributed by atoms with Crippen LogP contribution in [0.2, 0.25) is 0 Å². The Kier molecular flexibility index (Phi) is 2.40. The minimum absolute atomic E-state index is 0.0613. The molecule has 2 aliphatic rings. The summed E-state index contributed by atoms with van der Waals surface area (Å²) in [5, 5.41) is 4.14. The molecule has 2 aliphatic carbocycles. The van der Waals surface area contributed by atoms with E-state index >= 15 is 0 Å². The highest BCUT2D eigenvalue weighted by Gasteiger charge is 2.40.